The van der Waals surface area contributed by atoms with E-state index in [1.807, 2.05) is 18.2 Å². The number of hydrogen-bond donors (Lipinski definition) is 3. The molecule has 214 valence electrons. The molecule has 5 rings (SSSR count). The second-order valence-electron chi connectivity index (χ2n) is 10.1. The molecular weight excluding hydrogens is 526 g/mol. The van der Waals surface area contributed by atoms with E-state index in [-0.39, 0.29) is 18.3 Å². The summed E-state index contributed by atoms with van der Waals surface area (Å²) in [5.41, 5.74) is 1.94. The van der Waals surface area contributed by atoms with Crippen LogP contribution in [0.1, 0.15) is 43.7 Å². The fraction of sp³-hybridized carbons (Fsp3) is 0.333. The van der Waals surface area contributed by atoms with Gasteiger partial charge in [0.05, 0.1) is 25.4 Å². The lowest BCUT2D eigenvalue weighted by Gasteiger charge is -2.34. The second-order valence-corrected chi connectivity index (χ2v) is 10.1. The molecule has 1 aliphatic carbocycles. The predicted octanol–water partition coefficient (Wildman–Crippen LogP) is 4.08. The highest BCUT2D eigenvalue weighted by atomic mass is 16.5. The average Bonchev–Trinajstić information content (AvgIpc) is 3.39. The van der Waals surface area contributed by atoms with Crippen LogP contribution in [0.3, 0.4) is 0 Å². The standard InChI is InChI=1S/C30H33N5O6/c1-40-22-15-21(16-23(17-22)41-2)35(28(38)18-34-25-11-7-6-10-24(25)32-33-34)29(19-12-13-26(36)27(37)14-19)30(39)31-20-8-4-3-5-9-20/h6-7,10-17,20,29,36-37H,3-5,8-9,18H2,1-2H3,(H,31,39). The van der Waals surface area contributed by atoms with Gasteiger partial charge in [-0.05, 0) is 42.7 Å². The Hall–Kier alpha value is -4.80. The van der Waals surface area contributed by atoms with E-state index in [0.29, 0.717) is 33.8 Å². The summed E-state index contributed by atoms with van der Waals surface area (Å²) >= 11 is 0. The van der Waals surface area contributed by atoms with Crippen LogP contribution in [0.15, 0.2) is 60.7 Å². The van der Waals surface area contributed by atoms with Crippen LogP contribution in [-0.4, -0.2) is 57.3 Å². The van der Waals surface area contributed by atoms with Crippen molar-refractivity contribution in [1.29, 1.82) is 0 Å². The van der Waals surface area contributed by atoms with E-state index in [2.05, 4.69) is 15.6 Å². The van der Waals surface area contributed by atoms with E-state index in [4.69, 9.17) is 9.47 Å². The molecule has 1 aromatic heterocycles. The van der Waals surface area contributed by atoms with Crippen molar-refractivity contribution >= 4 is 28.5 Å². The molecule has 1 fully saturated rings. The normalized spacial score (nSPS) is 14.4. The molecule has 11 heteroatoms. The SMILES string of the molecule is COc1cc(OC)cc(N(C(=O)Cn2nnc3ccccc32)C(C(=O)NC2CCCCC2)c2ccc(O)c(O)c2)c1. The molecule has 1 aliphatic rings. The van der Waals surface area contributed by atoms with Crippen LogP contribution >= 0.6 is 0 Å². The Morgan fingerprint density at radius 2 is 1.68 bits per heavy atom. The van der Waals surface area contributed by atoms with Crippen LogP contribution in [0.2, 0.25) is 0 Å². The molecule has 1 saturated carbocycles. The topological polar surface area (TPSA) is 139 Å². The second kappa shape index (κ2) is 12.2. The van der Waals surface area contributed by atoms with Gasteiger partial charge in [0.1, 0.15) is 29.6 Å². The van der Waals surface area contributed by atoms with E-state index in [0.717, 1.165) is 32.1 Å². The fourth-order valence-electron chi connectivity index (χ4n) is 5.26. The Morgan fingerprint density at radius 1 is 0.976 bits per heavy atom. The zero-order valence-electron chi connectivity index (χ0n) is 23.0. The van der Waals surface area contributed by atoms with Crippen molar-refractivity contribution in [2.45, 2.75) is 50.7 Å². The summed E-state index contributed by atoms with van der Waals surface area (Å²) < 4.78 is 12.4. The van der Waals surface area contributed by atoms with Gasteiger partial charge in [0.15, 0.2) is 11.5 Å². The van der Waals surface area contributed by atoms with Crippen molar-refractivity contribution in [1.82, 2.24) is 20.3 Å². The number of benzene rings is 3. The zero-order valence-corrected chi connectivity index (χ0v) is 23.0. The highest BCUT2D eigenvalue weighted by Gasteiger charge is 2.35. The minimum absolute atomic E-state index is 0.0412. The quantitative estimate of drug-likeness (QED) is 0.261. The highest BCUT2D eigenvalue weighted by molar-refractivity contribution is 6.02. The van der Waals surface area contributed by atoms with E-state index >= 15 is 0 Å². The monoisotopic (exact) mass is 559 g/mol. The highest BCUT2D eigenvalue weighted by Crippen LogP contribution is 2.37. The molecule has 11 nitrogen and oxygen atoms in total. The molecule has 4 aromatic rings. The molecule has 3 N–H and O–H groups in total. The van der Waals surface area contributed by atoms with Gasteiger partial charge in [-0.3, -0.25) is 14.5 Å². The number of phenols is 2. The first-order valence-corrected chi connectivity index (χ1v) is 13.5. The Labute approximate surface area is 237 Å². The van der Waals surface area contributed by atoms with Gasteiger partial charge in [-0.25, -0.2) is 4.68 Å². The average molecular weight is 560 g/mol. The van der Waals surface area contributed by atoms with Gasteiger partial charge in [0.2, 0.25) is 11.8 Å². The molecule has 1 atom stereocenters. The van der Waals surface area contributed by atoms with Crippen molar-refractivity contribution in [3.8, 4) is 23.0 Å². The van der Waals surface area contributed by atoms with Crippen LogP contribution in [0.4, 0.5) is 5.69 Å². The van der Waals surface area contributed by atoms with Crippen molar-refractivity contribution in [2.24, 2.45) is 0 Å². The van der Waals surface area contributed by atoms with Crippen LogP contribution in [-0.2, 0) is 16.1 Å². The molecular formula is C30H33N5O6. The molecule has 1 heterocycles. The molecule has 0 saturated heterocycles. The van der Waals surface area contributed by atoms with Gasteiger partial charge >= 0.3 is 0 Å². The number of para-hydroxylation sites is 1. The number of carbonyl (C=O) groups is 2. The maximum Gasteiger partial charge on any atom is 0.249 e. The zero-order chi connectivity index (χ0) is 28.9. The number of rotatable bonds is 9. The third-order valence-corrected chi connectivity index (χ3v) is 7.36. The summed E-state index contributed by atoms with van der Waals surface area (Å²) in [5, 5.41) is 31.9. The molecule has 0 radical (unpaired) electrons. The van der Waals surface area contributed by atoms with Gasteiger partial charge in [-0.1, -0.05) is 42.7 Å². The van der Waals surface area contributed by atoms with E-state index in [1.54, 1.807) is 24.3 Å². The molecule has 0 bridgehead atoms. The van der Waals surface area contributed by atoms with Gasteiger partial charge in [0.25, 0.3) is 0 Å². The molecule has 0 aliphatic heterocycles. The number of ether oxygens (including phenoxy) is 2. The number of amides is 2. The van der Waals surface area contributed by atoms with E-state index in [9.17, 15) is 19.8 Å². The first-order chi connectivity index (χ1) is 19.9. The van der Waals surface area contributed by atoms with Crippen molar-refractivity contribution in [2.75, 3.05) is 19.1 Å². The number of carbonyl (C=O) groups excluding carboxylic acids is 2. The number of phenolic OH excluding ortho intramolecular Hbond substituents is 2. The number of nitrogens with zero attached hydrogens (tertiary/aromatic N) is 4. The van der Waals surface area contributed by atoms with Crippen LogP contribution in [0.25, 0.3) is 11.0 Å². The number of aromatic hydroxyl groups is 2. The maximum absolute atomic E-state index is 14.3. The number of fused-ring (bicyclic) bond motifs is 1. The molecule has 41 heavy (non-hydrogen) atoms. The summed E-state index contributed by atoms with van der Waals surface area (Å²) in [5.74, 6) is -0.786. The summed E-state index contributed by atoms with van der Waals surface area (Å²) in [6, 6.07) is 15.1. The van der Waals surface area contributed by atoms with Crippen molar-refractivity contribution in [3.05, 3.63) is 66.2 Å². The van der Waals surface area contributed by atoms with Crippen molar-refractivity contribution in [3.63, 3.8) is 0 Å². The van der Waals surface area contributed by atoms with Gasteiger partial charge in [-0.2, -0.15) is 0 Å². The Morgan fingerprint density at radius 3 is 2.37 bits per heavy atom. The lowest BCUT2D eigenvalue weighted by molar-refractivity contribution is -0.127. The Kier molecular flexibility index (Phi) is 8.23. The Balaban J connectivity index is 1.63. The predicted molar refractivity (Wildman–Crippen MR) is 152 cm³/mol. The number of aromatic nitrogens is 3. The summed E-state index contributed by atoms with van der Waals surface area (Å²) in [6.45, 7) is -0.225. The lowest BCUT2D eigenvalue weighted by atomic mass is 9.94. The first-order valence-electron chi connectivity index (χ1n) is 13.5. The smallest absolute Gasteiger partial charge is 0.249 e. The largest absolute Gasteiger partial charge is 0.504 e. The summed E-state index contributed by atoms with van der Waals surface area (Å²) in [7, 11) is 3.00. The van der Waals surface area contributed by atoms with Gasteiger partial charge in [-0.15, -0.1) is 5.10 Å². The summed E-state index contributed by atoms with van der Waals surface area (Å²) in [6.07, 6.45) is 4.80. The molecule has 2 amide bonds. The maximum atomic E-state index is 14.3. The van der Waals surface area contributed by atoms with Crippen LogP contribution in [0, 0.1) is 0 Å². The van der Waals surface area contributed by atoms with E-state index in [1.165, 1.54) is 42.0 Å². The molecule has 1 unspecified atom stereocenters. The number of nitrogens with one attached hydrogen (secondary N) is 1. The Bertz CT molecular complexity index is 1530. The van der Waals surface area contributed by atoms with Crippen molar-refractivity contribution < 1.29 is 29.3 Å². The van der Waals surface area contributed by atoms with E-state index < -0.39 is 23.6 Å². The van der Waals surface area contributed by atoms with Crippen LogP contribution in [0.5, 0.6) is 23.0 Å². The van der Waals surface area contributed by atoms with Gasteiger partial charge < -0.3 is 25.0 Å². The molecule has 0 spiro atoms. The lowest BCUT2D eigenvalue weighted by Crippen LogP contribution is -2.48. The van der Waals surface area contributed by atoms with Crippen LogP contribution < -0.4 is 19.7 Å². The molecule has 3 aromatic carbocycles. The fourth-order valence-corrected chi connectivity index (χ4v) is 5.26. The number of methoxy groups -OCH3 is 2. The minimum atomic E-state index is -1.21. The third-order valence-electron chi connectivity index (χ3n) is 7.36. The van der Waals surface area contributed by atoms with Gasteiger partial charge in [0, 0.05) is 24.2 Å². The first kappa shape index (κ1) is 27.8. The summed E-state index contributed by atoms with van der Waals surface area (Å²) in [4.78, 5) is 29.7. The third kappa shape index (κ3) is 6.03. The number of hydrogen-bond acceptors (Lipinski definition) is 8. The number of anilines is 1. The minimum Gasteiger partial charge on any atom is -0.504 e.